The third-order valence-corrected chi connectivity index (χ3v) is 5.49. The third kappa shape index (κ3) is 2.52. The Morgan fingerprint density at radius 3 is 2.52 bits per heavy atom. The van der Waals surface area contributed by atoms with Crippen LogP contribution in [0.5, 0.6) is 0 Å². The molecule has 0 N–H and O–H groups in total. The number of hydrogen-bond acceptors (Lipinski definition) is 0. The molecule has 0 heteroatoms. The molecule has 0 saturated heterocycles. The zero-order chi connectivity index (χ0) is 14.1. The van der Waals surface area contributed by atoms with Crippen molar-refractivity contribution in [2.24, 2.45) is 5.92 Å². The minimum Gasteiger partial charge on any atom is -0.0619 e. The normalized spacial score (nSPS) is 17.5. The van der Waals surface area contributed by atoms with Crippen LogP contribution in [0.15, 0.2) is 42.5 Å². The first kappa shape index (κ1) is 13.1. The first-order valence-corrected chi connectivity index (χ1v) is 8.61. The van der Waals surface area contributed by atoms with Gasteiger partial charge in [0.15, 0.2) is 0 Å². The van der Waals surface area contributed by atoms with Gasteiger partial charge in [0.2, 0.25) is 0 Å². The first-order valence-electron chi connectivity index (χ1n) is 8.61. The predicted molar refractivity (Wildman–Crippen MR) is 89.6 cm³/mol. The molecule has 2 aromatic rings. The lowest BCUT2D eigenvalue weighted by atomic mass is 9.84. The molecule has 0 amide bonds. The summed E-state index contributed by atoms with van der Waals surface area (Å²) in [6, 6.07) is 15.9. The molecule has 0 atom stereocenters. The largest absolute Gasteiger partial charge is 0.0619 e. The van der Waals surface area contributed by atoms with Crippen molar-refractivity contribution in [1.29, 1.82) is 0 Å². The molecule has 0 aromatic heterocycles. The second-order valence-electron chi connectivity index (χ2n) is 6.82. The summed E-state index contributed by atoms with van der Waals surface area (Å²) in [5.41, 5.74) is 7.68. The van der Waals surface area contributed by atoms with Crippen LogP contribution in [0.2, 0.25) is 0 Å². The predicted octanol–water partition coefficient (Wildman–Crippen LogP) is 5.77. The smallest absolute Gasteiger partial charge is 0.00107 e. The highest BCUT2D eigenvalue weighted by Crippen LogP contribution is 2.39. The molecule has 2 aromatic carbocycles. The van der Waals surface area contributed by atoms with Crippen molar-refractivity contribution in [1.82, 2.24) is 0 Å². The molecule has 0 radical (unpaired) electrons. The fraction of sp³-hybridized carbons (Fsp3) is 0.429. The lowest BCUT2D eigenvalue weighted by molar-refractivity contribution is 0.339. The number of benzene rings is 2. The number of hydrogen-bond donors (Lipinski definition) is 0. The number of aryl methyl sites for hydroxylation is 1. The van der Waals surface area contributed by atoms with E-state index in [1.165, 1.54) is 61.6 Å². The zero-order valence-electron chi connectivity index (χ0n) is 12.8. The Balaban J connectivity index is 1.55. The summed E-state index contributed by atoms with van der Waals surface area (Å²) in [5.74, 6) is 0.985. The van der Waals surface area contributed by atoms with Crippen LogP contribution in [-0.4, -0.2) is 0 Å². The summed E-state index contributed by atoms with van der Waals surface area (Å²) in [6.07, 6.45) is 11.1. The Morgan fingerprint density at radius 1 is 0.810 bits per heavy atom. The number of rotatable bonds is 3. The van der Waals surface area contributed by atoms with E-state index in [1.807, 2.05) is 0 Å². The van der Waals surface area contributed by atoms with Gasteiger partial charge < -0.3 is 0 Å². The molecule has 108 valence electrons. The van der Waals surface area contributed by atoms with E-state index in [9.17, 15) is 0 Å². The van der Waals surface area contributed by atoms with Crippen LogP contribution in [0.4, 0.5) is 0 Å². The molecule has 0 unspecified atom stereocenters. The van der Waals surface area contributed by atoms with Gasteiger partial charge in [-0.1, -0.05) is 74.6 Å². The summed E-state index contributed by atoms with van der Waals surface area (Å²) in [6.45, 7) is 0. The molecule has 0 spiro atoms. The average molecular weight is 276 g/mol. The standard InChI is InChI=1S/C21H24/c1-2-7-16(8-3-1)13-14-17-10-6-12-20-19-11-5-4-9-18(19)15-21(17)20/h4-6,9-12,16H,1-3,7-8,13-15H2. The second kappa shape index (κ2) is 5.67. The topological polar surface area (TPSA) is 0 Å². The van der Waals surface area contributed by atoms with Crippen LogP contribution >= 0.6 is 0 Å². The molecule has 1 fully saturated rings. The summed E-state index contributed by atoms with van der Waals surface area (Å²) in [5, 5.41) is 0. The van der Waals surface area contributed by atoms with E-state index in [4.69, 9.17) is 0 Å². The highest BCUT2D eigenvalue weighted by atomic mass is 14.3. The minimum absolute atomic E-state index is 0.985. The van der Waals surface area contributed by atoms with Crippen LogP contribution < -0.4 is 0 Å². The SMILES string of the molecule is c1ccc2c(c1)Cc1c(CCC3CCCCC3)cccc1-2. The zero-order valence-corrected chi connectivity index (χ0v) is 12.8. The Morgan fingerprint density at radius 2 is 1.62 bits per heavy atom. The fourth-order valence-electron chi connectivity index (χ4n) is 4.29. The quantitative estimate of drug-likeness (QED) is 0.569. The molecule has 0 heterocycles. The van der Waals surface area contributed by atoms with E-state index in [0.717, 1.165) is 12.3 Å². The highest BCUT2D eigenvalue weighted by Gasteiger charge is 2.21. The van der Waals surface area contributed by atoms with Crippen molar-refractivity contribution < 1.29 is 0 Å². The summed E-state index contributed by atoms with van der Waals surface area (Å²) in [4.78, 5) is 0. The van der Waals surface area contributed by atoms with Crippen LogP contribution in [0.3, 0.4) is 0 Å². The van der Waals surface area contributed by atoms with E-state index in [0.29, 0.717) is 0 Å². The molecule has 0 nitrogen and oxygen atoms in total. The van der Waals surface area contributed by atoms with Crippen molar-refractivity contribution in [2.75, 3.05) is 0 Å². The van der Waals surface area contributed by atoms with E-state index < -0.39 is 0 Å². The monoisotopic (exact) mass is 276 g/mol. The maximum absolute atomic E-state index is 2.37. The van der Waals surface area contributed by atoms with Gasteiger partial charge in [0, 0.05) is 0 Å². The van der Waals surface area contributed by atoms with Gasteiger partial charge in [0.25, 0.3) is 0 Å². The number of fused-ring (bicyclic) bond motifs is 3. The van der Waals surface area contributed by atoms with Gasteiger partial charge in [-0.3, -0.25) is 0 Å². The molecule has 0 bridgehead atoms. The highest BCUT2D eigenvalue weighted by molar-refractivity contribution is 5.77. The summed E-state index contributed by atoms with van der Waals surface area (Å²) < 4.78 is 0. The molecule has 21 heavy (non-hydrogen) atoms. The van der Waals surface area contributed by atoms with Crippen LogP contribution in [-0.2, 0) is 12.8 Å². The molecule has 4 rings (SSSR count). The molecule has 0 aliphatic heterocycles. The van der Waals surface area contributed by atoms with Crippen molar-refractivity contribution >= 4 is 0 Å². The summed E-state index contributed by atoms with van der Waals surface area (Å²) in [7, 11) is 0. The Labute approximate surface area is 128 Å². The van der Waals surface area contributed by atoms with Crippen LogP contribution in [0.25, 0.3) is 11.1 Å². The molecular weight excluding hydrogens is 252 g/mol. The molecule has 2 aliphatic carbocycles. The van der Waals surface area contributed by atoms with Crippen molar-refractivity contribution in [3.05, 3.63) is 59.2 Å². The van der Waals surface area contributed by atoms with Gasteiger partial charge >= 0.3 is 0 Å². The fourth-order valence-corrected chi connectivity index (χ4v) is 4.29. The van der Waals surface area contributed by atoms with Crippen molar-refractivity contribution in [3.8, 4) is 11.1 Å². The Hall–Kier alpha value is -1.56. The molecular formula is C21H24. The van der Waals surface area contributed by atoms with Crippen LogP contribution in [0.1, 0.15) is 55.2 Å². The third-order valence-electron chi connectivity index (χ3n) is 5.49. The second-order valence-corrected chi connectivity index (χ2v) is 6.82. The van der Waals surface area contributed by atoms with E-state index in [2.05, 4.69) is 42.5 Å². The Bertz CT molecular complexity index is 632. The van der Waals surface area contributed by atoms with E-state index in [-0.39, 0.29) is 0 Å². The lowest BCUT2D eigenvalue weighted by Gasteiger charge is -2.21. The van der Waals surface area contributed by atoms with Crippen molar-refractivity contribution in [3.63, 3.8) is 0 Å². The molecule has 2 aliphatic rings. The van der Waals surface area contributed by atoms with Crippen LogP contribution in [0, 0.1) is 5.92 Å². The van der Waals surface area contributed by atoms with Gasteiger partial charge in [-0.15, -0.1) is 0 Å². The van der Waals surface area contributed by atoms with Gasteiger partial charge in [-0.25, -0.2) is 0 Å². The van der Waals surface area contributed by atoms with Gasteiger partial charge in [0.05, 0.1) is 0 Å². The van der Waals surface area contributed by atoms with E-state index in [1.54, 1.807) is 11.1 Å². The first-order chi connectivity index (χ1) is 10.4. The maximum atomic E-state index is 2.37. The minimum atomic E-state index is 0.985. The molecule has 1 saturated carbocycles. The van der Waals surface area contributed by atoms with E-state index >= 15 is 0 Å². The average Bonchev–Trinajstić information content (AvgIpc) is 2.93. The maximum Gasteiger partial charge on any atom is -0.00107 e. The van der Waals surface area contributed by atoms with Crippen molar-refractivity contribution in [2.45, 2.75) is 51.4 Å². The van der Waals surface area contributed by atoms with Gasteiger partial charge in [0.1, 0.15) is 0 Å². The summed E-state index contributed by atoms with van der Waals surface area (Å²) >= 11 is 0. The lowest BCUT2D eigenvalue weighted by Crippen LogP contribution is -2.08. The Kier molecular flexibility index (Phi) is 3.55. The van der Waals surface area contributed by atoms with Gasteiger partial charge in [-0.05, 0) is 53.0 Å². The van der Waals surface area contributed by atoms with Gasteiger partial charge in [-0.2, -0.15) is 0 Å².